The van der Waals surface area contributed by atoms with Crippen molar-refractivity contribution in [3.05, 3.63) is 46.3 Å². The Morgan fingerprint density at radius 2 is 1.73 bits per heavy atom. The second kappa shape index (κ2) is 3.13. The first kappa shape index (κ1) is 9.79. The third-order valence-corrected chi connectivity index (χ3v) is 3.49. The fourth-order valence-electron chi connectivity index (χ4n) is 1.35. The molecule has 1 aromatic rings. The third-order valence-electron chi connectivity index (χ3n) is 2.16. The molecule has 0 radical (unpaired) electrons. The van der Waals surface area contributed by atoms with Crippen molar-refractivity contribution in [3.8, 4) is 5.75 Å². The molecular weight excluding hydrogens is 214 g/mol. The zero-order chi connectivity index (χ0) is 11.1. The molecule has 0 saturated heterocycles. The molecular formula is C10H9NO3S. The second-order valence-electron chi connectivity index (χ2n) is 3.17. The molecule has 3 N–H and O–H groups in total. The maximum Gasteiger partial charge on any atom is 0.215 e. The predicted octanol–water partition coefficient (Wildman–Crippen LogP) is 0.962. The monoisotopic (exact) mass is 223 g/mol. The Hall–Kier alpha value is -1.75. The van der Waals surface area contributed by atoms with Gasteiger partial charge in [0, 0.05) is 11.0 Å². The largest absolute Gasteiger partial charge is 0.508 e. The smallest absolute Gasteiger partial charge is 0.215 e. The number of aromatic hydroxyl groups is 1. The van der Waals surface area contributed by atoms with Gasteiger partial charge in [-0.1, -0.05) is 12.1 Å². The maximum absolute atomic E-state index is 11.3. The van der Waals surface area contributed by atoms with Crippen LogP contribution < -0.4 is 5.73 Å². The number of phenolic OH excluding ortho intramolecular Hbond substituents is 1. The SMILES string of the molecule is NC1=C(c2ccc(O)cc2)C=CS1(=O)=O. The summed E-state index contributed by atoms with van der Waals surface area (Å²) in [7, 11) is -3.42. The minimum absolute atomic E-state index is 0.128. The second-order valence-corrected chi connectivity index (χ2v) is 4.97. The molecule has 0 aliphatic carbocycles. The van der Waals surface area contributed by atoms with Crippen molar-refractivity contribution in [2.75, 3.05) is 0 Å². The van der Waals surface area contributed by atoms with E-state index in [4.69, 9.17) is 10.8 Å². The van der Waals surface area contributed by atoms with Crippen LogP contribution in [-0.4, -0.2) is 13.5 Å². The fourth-order valence-corrected chi connectivity index (χ4v) is 2.30. The molecule has 0 aromatic heterocycles. The Kier molecular flexibility index (Phi) is 2.04. The van der Waals surface area contributed by atoms with Crippen molar-refractivity contribution in [1.82, 2.24) is 0 Å². The molecule has 1 aromatic carbocycles. The summed E-state index contributed by atoms with van der Waals surface area (Å²) in [5.74, 6) is 0.128. The summed E-state index contributed by atoms with van der Waals surface area (Å²) < 4.78 is 22.6. The Morgan fingerprint density at radius 3 is 2.20 bits per heavy atom. The molecule has 78 valence electrons. The lowest BCUT2D eigenvalue weighted by Gasteiger charge is -2.01. The molecule has 0 spiro atoms. The van der Waals surface area contributed by atoms with E-state index in [-0.39, 0.29) is 10.8 Å². The number of sulfone groups is 1. The van der Waals surface area contributed by atoms with Gasteiger partial charge in [-0.2, -0.15) is 0 Å². The number of hydrogen-bond donors (Lipinski definition) is 2. The lowest BCUT2D eigenvalue weighted by Crippen LogP contribution is -2.07. The number of rotatable bonds is 1. The molecule has 1 heterocycles. The maximum atomic E-state index is 11.3. The molecule has 1 aliphatic heterocycles. The zero-order valence-electron chi connectivity index (χ0n) is 7.71. The highest BCUT2D eigenvalue weighted by Crippen LogP contribution is 2.28. The van der Waals surface area contributed by atoms with Crippen LogP contribution in [0.3, 0.4) is 0 Å². The van der Waals surface area contributed by atoms with Gasteiger partial charge in [-0.05, 0) is 23.8 Å². The van der Waals surface area contributed by atoms with Crippen LogP contribution in [0.25, 0.3) is 5.57 Å². The lowest BCUT2D eigenvalue weighted by atomic mass is 10.1. The van der Waals surface area contributed by atoms with E-state index in [0.717, 1.165) is 5.41 Å². The number of allylic oxidation sites excluding steroid dienone is 2. The van der Waals surface area contributed by atoms with Crippen molar-refractivity contribution in [2.24, 2.45) is 5.73 Å². The summed E-state index contributed by atoms with van der Waals surface area (Å²) in [5.41, 5.74) is 6.63. The van der Waals surface area contributed by atoms with Crippen LogP contribution in [0.1, 0.15) is 5.56 Å². The van der Waals surface area contributed by atoms with Crippen molar-refractivity contribution in [2.45, 2.75) is 0 Å². The molecule has 5 heteroatoms. The van der Waals surface area contributed by atoms with Gasteiger partial charge in [0.05, 0.1) is 0 Å². The van der Waals surface area contributed by atoms with E-state index in [9.17, 15) is 8.42 Å². The van der Waals surface area contributed by atoms with Crippen molar-refractivity contribution in [3.63, 3.8) is 0 Å². The first-order valence-electron chi connectivity index (χ1n) is 4.23. The van der Waals surface area contributed by atoms with E-state index in [1.165, 1.54) is 18.2 Å². The van der Waals surface area contributed by atoms with E-state index in [0.29, 0.717) is 11.1 Å². The summed E-state index contributed by atoms with van der Waals surface area (Å²) in [4.78, 5) is 0. The van der Waals surface area contributed by atoms with Crippen LogP contribution in [0.15, 0.2) is 40.8 Å². The van der Waals surface area contributed by atoms with Gasteiger partial charge in [0.2, 0.25) is 9.84 Å². The standard InChI is InChI=1S/C10H9NO3S/c11-10-9(5-6-15(10,13)14)7-1-3-8(12)4-2-7/h1-6,12H,11H2. The number of benzene rings is 1. The predicted molar refractivity (Wildman–Crippen MR) is 57.3 cm³/mol. The zero-order valence-corrected chi connectivity index (χ0v) is 8.53. The highest BCUT2D eigenvalue weighted by Gasteiger charge is 2.21. The number of phenols is 1. The van der Waals surface area contributed by atoms with Gasteiger partial charge in [-0.25, -0.2) is 8.42 Å². The Labute approximate surface area is 87.3 Å². The average Bonchev–Trinajstić information content (AvgIpc) is 2.45. The molecule has 1 aliphatic rings. The van der Waals surface area contributed by atoms with Gasteiger partial charge in [-0.3, -0.25) is 0 Å². The van der Waals surface area contributed by atoms with Crippen LogP contribution in [0, 0.1) is 0 Å². The van der Waals surface area contributed by atoms with E-state index in [1.54, 1.807) is 12.1 Å². The van der Waals surface area contributed by atoms with Crippen molar-refractivity contribution in [1.29, 1.82) is 0 Å². The van der Waals surface area contributed by atoms with Gasteiger partial charge in [0.1, 0.15) is 10.8 Å². The van der Waals surface area contributed by atoms with Crippen LogP contribution in [0.2, 0.25) is 0 Å². The van der Waals surface area contributed by atoms with Gasteiger partial charge in [-0.15, -0.1) is 0 Å². The molecule has 2 rings (SSSR count). The molecule has 0 fully saturated rings. The summed E-state index contributed by atoms with van der Waals surface area (Å²) in [5, 5.41) is 10.0. The highest BCUT2D eigenvalue weighted by molar-refractivity contribution is 7.98. The van der Waals surface area contributed by atoms with Crippen LogP contribution in [0.5, 0.6) is 5.75 Å². The molecule has 0 saturated carbocycles. The van der Waals surface area contributed by atoms with Crippen molar-refractivity contribution >= 4 is 15.4 Å². The molecule has 4 nitrogen and oxygen atoms in total. The van der Waals surface area contributed by atoms with E-state index >= 15 is 0 Å². The lowest BCUT2D eigenvalue weighted by molar-refractivity contribution is 0.475. The third kappa shape index (κ3) is 1.61. The van der Waals surface area contributed by atoms with Gasteiger partial charge in [0.15, 0.2) is 0 Å². The van der Waals surface area contributed by atoms with Crippen LogP contribution >= 0.6 is 0 Å². The summed E-state index contributed by atoms with van der Waals surface area (Å²) in [6.45, 7) is 0. The molecule has 15 heavy (non-hydrogen) atoms. The van der Waals surface area contributed by atoms with Gasteiger partial charge < -0.3 is 10.8 Å². The normalized spacial score (nSPS) is 18.4. The minimum atomic E-state index is -3.42. The summed E-state index contributed by atoms with van der Waals surface area (Å²) >= 11 is 0. The molecule has 0 amide bonds. The van der Waals surface area contributed by atoms with Crippen LogP contribution in [-0.2, 0) is 9.84 Å². The number of hydrogen-bond acceptors (Lipinski definition) is 4. The summed E-state index contributed by atoms with van der Waals surface area (Å²) in [6.07, 6.45) is 1.46. The first-order valence-corrected chi connectivity index (χ1v) is 5.78. The average molecular weight is 223 g/mol. The molecule has 0 bridgehead atoms. The minimum Gasteiger partial charge on any atom is -0.508 e. The first-order chi connectivity index (χ1) is 7.00. The summed E-state index contributed by atoms with van der Waals surface area (Å²) in [6, 6.07) is 6.19. The van der Waals surface area contributed by atoms with E-state index in [1.807, 2.05) is 0 Å². The Morgan fingerprint density at radius 1 is 1.13 bits per heavy atom. The topological polar surface area (TPSA) is 80.4 Å². The molecule has 0 atom stereocenters. The quantitative estimate of drug-likeness (QED) is 0.743. The molecule has 0 unspecified atom stereocenters. The van der Waals surface area contributed by atoms with Crippen molar-refractivity contribution < 1.29 is 13.5 Å². The Bertz CT molecular complexity index is 553. The number of nitrogens with two attached hydrogens (primary N) is 1. The van der Waals surface area contributed by atoms with E-state index in [2.05, 4.69) is 0 Å². The van der Waals surface area contributed by atoms with E-state index < -0.39 is 9.84 Å². The van der Waals surface area contributed by atoms with Gasteiger partial charge >= 0.3 is 0 Å². The van der Waals surface area contributed by atoms with Gasteiger partial charge in [0.25, 0.3) is 0 Å². The fraction of sp³-hybridized carbons (Fsp3) is 0. The Balaban J connectivity index is 2.55. The van der Waals surface area contributed by atoms with Crippen LogP contribution in [0.4, 0.5) is 0 Å². The highest BCUT2D eigenvalue weighted by atomic mass is 32.2.